The summed E-state index contributed by atoms with van der Waals surface area (Å²) in [4.78, 5) is 23.1. The number of rotatable bonds is 24. The Morgan fingerprint density at radius 2 is 1.03 bits per heavy atom. The predicted molar refractivity (Wildman–Crippen MR) is 148 cm³/mol. The number of carbonyl (C=O) groups is 2. The first kappa shape index (κ1) is 37.7. The van der Waals surface area contributed by atoms with E-state index in [2.05, 4.69) is 11.7 Å². The molecule has 1 atom stereocenters. The molecule has 0 saturated carbocycles. The van der Waals surface area contributed by atoms with E-state index in [0.29, 0.717) is 0 Å². The molecule has 36 heavy (non-hydrogen) atoms. The molecule has 7 nitrogen and oxygen atoms in total. The van der Waals surface area contributed by atoms with E-state index in [1.54, 1.807) is 0 Å². The first-order valence-corrected chi connectivity index (χ1v) is 15.3. The molecule has 0 aliphatic rings. The molecule has 0 aromatic rings. The average Bonchev–Trinajstić information content (AvgIpc) is 2.81. The van der Waals surface area contributed by atoms with Crippen LogP contribution in [-0.4, -0.2) is 66.5 Å². The molecule has 0 saturated heterocycles. The summed E-state index contributed by atoms with van der Waals surface area (Å²) in [5.41, 5.74) is -1.64. The number of unbranched alkanes of at least 4 members (excludes halogenated alkanes) is 17. The minimum atomic E-state index is -4.48. The van der Waals surface area contributed by atoms with Crippen molar-refractivity contribution in [1.82, 2.24) is 0 Å². The molecule has 0 bridgehead atoms. The predicted octanol–water partition coefficient (Wildman–Crippen LogP) is 6.65. The molecule has 0 heterocycles. The van der Waals surface area contributed by atoms with Gasteiger partial charge in [-0.05, 0) is 12.8 Å². The summed E-state index contributed by atoms with van der Waals surface area (Å²) < 4.78 is 40.5. The van der Waals surface area contributed by atoms with Crippen LogP contribution >= 0.6 is 0 Å². The molecule has 0 fully saturated rings. The van der Waals surface area contributed by atoms with E-state index in [1.807, 2.05) is 0 Å². The molecule has 1 N–H and O–H groups in total. The fourth-order valence-corrected chi connectivity index (χ4v) is 4.52. The average molecular weight is 543 g/mol. The molecule has 0 aromatic heterocycles. The van der Waals surface area contributed by atoms with Crippen molar-refractivity contribution in [2.45, 2.75) is 141 Å². The molecular formula is C27H51NaO7S. The number of carbonyl (C=O) groups excluding carboxylic acids is 2. The van der Waals surface area contributed by atoms with Gasteiger partial charge in [0.1, 0.15) is 0 Å². The van der Waals surface area contributed by atoms with Crippen molar-refractivity contribution < 1.29 is 32.0 Å². The summed E-state index contributed by atoms with van der Waals surface area (Å²) >= 11 is 0. The van der Waals surface area contributed by atoms with Crippen LogP contribution < -0.4 is 0 Å². The maximum absolute atomic E-state index is 11.6. The maximum atomic E-state index is 11.6. The van der Waals surface area contributed by atoms with Crippen molar-refractivity contribution in [3.05, 3.63) is 12.2 Å². The Hall–Kier alpha value is -0.410. The van der Waals surface area contributed by atoms with Crippen LogP contribution in [-0.2, 0) is 29.2 Å². The summed E-state index contributed by atoms with van der Waals surface area (Å²) in [5, 5.41) is 0. The first-order valence-electron chi connectivity index (χ1n) is 13.8. The third kappa shape index (κ3) is 25.2. The molecule has 0 radical (unpaired) electrons. The summed E-state index contributed by atoms with van der Waals surface area (Å²) in [6.45, 7) is 3.99. The second kappa shape index (κ2) is 26.2. The Balaban J connectivity index is 0. The van der Waals surface area contributed by atoms with Crippen LogP contribution in [0.25, 0.3) is 0 Å². The number of hydrogen-bond acceptors (Lipinski definition) is 6. The topological polar surface area (TPSA) is 107 Å². The van der Waals surface area contributed by atoms with Gasteiger partial charge in [-0.25, -0.2) is 9.59 Å². The quantitative estimate of drug-likeness (QED) is 0.0478. The Morgan fingerprint density at radius 1 is 0.667 bits per heavy atom. The van der Waals surface area contributed by atoms with Gasteiger partial charge < -0.3 is 9.47 Å². The minimum absolute atomic E-state index is 0. The molecule has 0 aliphatic carbocycles. The summed E-state index contributed by atoms with van der Waals surface area (Å²) in [6, 6.07) is 0. The molecule has 0 rings (SSSR count). The van der Waals surface area contributed by atoms with Crippen LogP contribution in [0.2, 0.25) is 0 Å². The summed E-state index contributed by atoms with van der Waals surface area (Å²) in [6.07, 6.45) is 24.8. The van der Waals surface area contributed by atoms with Gasteiger partial charge >= 0.3 is 51.6 Å². The van der Waals surface area contributed by atoms with Gasteiger partial charge in [-0.2, -0.15) is 8.42 Å². The zero-order valence-corrected chi connectivity index (χ0v) is 23.0. The van der Waals surface area contributed by atoms with Crippen LogP contribution in [0.5, 0.6) is 0 Å². The standard InChI is InChI=1S/C27H50O7S.Na.H/c1-3-5-6-7-8-9-10-11-12-13-14-15-16-17-18-19-20-21-24-33-25(28)22-23-26(29)34-27(4-2)35(30,31)32;;/h22-23,27H,3-21,24H2,1-2H3,(H,30,31,32);;. The Bertz CT molecular complexity index is 665. The molecule has 0 aromatic carbocycles. The zero-order valence-electron chi connectivity index (χ0n) is 22.2. The van der Waals surface area contributed by atoms with Gasteiger partial charge in [0, 0.05) is 12.2 Å². The molecule has 9 heteroatoms. The summed E-state index contributed by atoms with van der Waals surface area (Å²) in [7, 11) is -4.48. The van der Waals surface area contributed by atoms with Gasteiger partial charge in [-0.3, -0.25) is 4.55 Å². The third-order valence-electron chi connectivity index (χ3n) is 6.01. The third-order valence-corrected chi connectivity index (χ3v) is 7.10. The van der Waals surface area contributed by atoms with E-state index in [4.69, 9.17) is 9.29 Å². The van der Waals surface area contributed by atoms with Crippen molar-refractivity contribution in [3.63, 3.8) is 0 Å². The molecule has 0 spiro atoms. The van der Waals surface area contributed by atoms with E-state index in [1.165, 1.54) is 103 Å². The van der Waals surface area contributed by atoms with E-state index in [-0.39, 0.29) is 42.6 Å². The molecule has 0 aliphatic heterocycles. The van der Waals surface area contributed by atoms with Crippen LogP contribution in [0, 0.1) is 0 Å². The first-order chi connectivity index (χ1) is 16.8. The van der Waals surface area contributed by atoms with Crippen LogP contribution in [0.4, 0.5) is 0 Å². The van der Waals surface area contributed by atoms with Gasteiger partial charge in [-0.15, -0.1) is 0 Å². The fraction of sp³-hybridized carbons (Fsp3) is 0.852. The molecule has 208 valence electrons. The fourth-order valence-electron chi connectivity index (χ4n) is 3.88. The SMILES string of the molecule is CCCCCCCCCCCCCCCCCCCCOC(=O)C=CC(=O)OC(CC)S(=O)(=O)O.[NaH]. The monoisotopic (exact) mass is 542 g/mol. The van der Waals surface area contributed by atoms with Gasteiger partial charge in [0.2, 0.25) is 5.44 Å². The van der Waals surface area contributed by atoms with Crippen LogP contribution in [0.3, 0.4) is 0 Å². The second-order valence-electron chi connectivity index (χ2n) is 9.30. The van der Waals surface area contributed by atoms with E-state index >= 15 is 0 Å². The molecule has 0 amide bonds. The number of ether oxygens (including phenoxy) is 2. The van der Waals surface area contributed by atoms with E-state index in [9.17, 15) is 18.0 Å². The zero-order chi connectivity index (χ0) is 26.2. The van der Waals surface area contributed by atoms with Crippen molar-refractivity contribution in [1.29, 1.82) is 0 Å². The van der Waals surface area contributed by atoms with Crippen LogP contribution in [0.15, 0.2) is 12.2 Å². The molecule has 1 unspecified atom stereocenters. The Morgan fingerprint density at radius 3 is 1.39 bits per heavy atom. The summed E-state index contributed by atoms with van der Waals surface area (Å²) in [5.74, 6) is -1.71. The van der Waals surface area contributed by atoms with Crippen molar-refractivity contribution in [2.24, 2.45) is 0 Å². The number of esters is 2. The second-order valence-corrected chi connectivity index (χ2v) is 10.9. The van der Waals surface area contributed by atoms with Crippen molar-refractivity contribution in [2.75, 3.05) is 6.61 Å². The van der Waals surface area contributed by atoms with E-state index in [0.717, 1.165) is 31.4 Å². The Labute approximate surface area is 242 Å². The van der Waals surface area contributed by atoms with E-state index < -0.39 is 27.5 Å². The molecular weight excluding hydrogens is 491 g/mol. The number of hydrogen-bond donors (Lipinski definition) is 1. The van der Waals surface area contributed by atoms with Gasteiger partial charge in [-0.1, -0.05) is 123 Å². The van der Waals surface area contributed by atoms with Crippen molar-refractivity contribution >= 4 is 51.6 Å². The van der Waals surface area contributed by atoms with Gasteiger partial charge in [0.15, 0.2) is 0 Å². The normalized spacial score (nSPS) is 12.3. The van der Waals surface area contributed by atoms with Crippen LogP contribution in [0.1, 0.15) is 136 Å². The van der Waals surface area contributed by atoms with Gasteiger partial charge in [0.05, 0.1) is 6.61 Å². The Kier molecular flexibility index (Phi) is 27.5. The van der Waals surface area contributed by atoms with Gasteiger partial charge in [0.25, 0.3) is 0 Å². The van der Waals surface area contributed by atoms with Crippen molar-refractivity contribution in [3.8, 4) is 0 Å².